The maximum atomic E-state index is 12.3. The van der Waals surface area contributed by atoms with Gasteiger partial charge in [-0.15, -0.1) is 0 Å². The highest BCUT2D eigenvalue weighted by molar-refractivity contribution is 6.30. The molecule has 1 N–H and O–H groups in total. The van der Waals surface area contributed by atoms with E-state index in [1.165, 1.54) is 5.56 Å². The average Bonchev–Trinajstić information content (AvgIpc) is 2.97. The molecule has 1 saturated heterocycles. The Morgan fingerprint density at radius 3 is 2.62 bits per heavy atom. The molecule has 0 spiro atoms. The van der Waals surface area contributed by atoms with Gasteiger partial charge in [0.1, 0.15) is 5.75 Å². The summed E-state index contributed by atoms with van der Waals surface area (Å²) in [5, 5.41) is 3.47. The zero-order chi connectivity index (χ0) is 18.7. The maximum absolute atomic E-state index is 12.3. The molecule has 1 atom stereocenters. The van der Waals surface area contributed by atoms with Gasteiger partial charge in [0, 0.05) is 23.7 Å². The maximum Gasteiger partial charge on any atom is 0.258 e. The van der Waals surface area contributed by atoms with E-state index in [4.69, 9.17) is 16.3 Å². The molecule has 2 aromatic carbocycles. The summed E-state index contributed by atoms with van der Waals surface area (Å²) in [7, 11) is 0. The Morgan fingerprint density at radius 2 is 1.92 bits per heavy atom. The Labute approximate surface area is 157 Å². The molecule has 0 aromatic heterocycles. The van der Waals surface area contributed by atoms with Crippen molar-refractivity contribution in [2.24, 2.45) is 0 Å². The molecule has 2 aromatic rings. The van der Waals surface area contributed by atoms with Gasteiger partial charge in [-0.1, -0.05) is 17.7 Å². The minimum atomic E-state index is -0.250. The molecule has 0 bridgehead atoms. The van der Waals surface area contributed by atoms with Crippen molar-refractivity contribution < 1.29 is 14.3 Å². The van der Waals surface area contributed by atoms with Crippen molar-refractivity contribution in [1.29, 1.82) is 0 Å². The Balaban J connectivity index is 1.54. The summed E-state index contributed by atoms with van der Waals surface area (Å²) >= 11 is 5.81. The first-order valence-corrected chi connectivity index (χ1v) is 8.85. The molecule has 0 aliphatic carbocycles. The Bertz CT molecular complexity index is 820. The number of ether oxygens (including phenoxy) is 1. The summed E-state index contributed by atoms with van der Waals surface area (Å²) in [6.07, 6.45) is 0.291. The van der Waals surface area contributed by atoms with Crippen LogP contribution in [0.3, 0.4) is 0 Å². The van der Waals surface area contributed by atoms with Crippen LogP contribution in [0, 0.1) is 13.8 Å². The van der Waals surface area contributed by atoms with E-state index in [0.29, 0.717) is 23.7 Å². The topological polar surface area (TPSA) is 58.6 Å². The van der Waals surface area contributed by atoms with Gasteiger partial charge in [0.2, 0.25) is 5.91 Å². The van der Waals surface area contributed by atoms with Crippen LogP contribution in [0.4, 0.5) is 5.69 Å². The van der Waals surface area contributed by atoms with Crippen LogP contribution in [-0.2, 0) is 9.59 Å². The second kappa shape index (κ2) is 7.79. The summed E-state index contributed by atoms with van der Waals surface area (Å²) in [6.45, 7) is 4.42. The average molecular weight is 373 g/mol. The predicted octanol–water partition coefficient (Wildman–Crippen LogP) is 3.26. The fraction of sp³-hybridized carbons (Fsp3) is 0.300. The smallest absolute Gasteiger partial charge is 0.258 e. The number of nitrogens with zero attached hydrogens (tertiary/aromatic N) is 1. The molecule has 0 radical (unpaired) electrons. The monoisotopic (exact) mass is 372 g/mol. The molecular formula is C20H21ClN2O3. The van der Waals surface area contributed by atoms with Gasteiger partial charge >= 0.3 is 0 Å². The number of carbonyl (C=O) groups is 2. The van der Waals surface area contributed by atoms with Crippen LogP contribution in [0.2, 0.25) is 5.02 Å². The van der Waals surface area contributed by atoms with Crippen LogP contribution in [0.25, 0.3) is 0 Å². The van der Waals surface area contributed by atoms with Gasteiger partial charge in [0.15, 0.2) is 6.61 Å². The molecule has 3 rings (SSSR count). The number of anilines is 1. The van der Waals surface area contributed by atoms with E-state index < -0.39 is 0 Å². The molecule has 2 amide bonds. The molecule has 1 fully saturated rings. The Morgan fingerprint density at radius 1 is 1.19 bits per heavy atom. The number of amides is 2. The zero-order valence-electron chi connectivity index (χ0n) is 14.8. The summed E-state index contributed by atoms with van der Waals surface area (Å²) in [4.78, 5) is 26.1. The van der Waals surface area contributed by atoms with Crippen molar-refractivity contribution in [3.8, 4) is 5.75 Å². The molecule has 5 nitrogen and oxygen atoms in total. The first kappa shape index (κ1) is 18.3. The van der Waals surface area contributed by atoms with Crippen LogP contribution >= 0.6 is 11.6 Å². The van der Waals surface area contributed by atoms with E-state index in [9.17, 15) is 9.59 Å². The SMILES string of the molecule is Cc1ccc(N2CC(NC(=O)COc3ccc(Cl)cc3)CC2=O)cc1C. The third-order valence-corrected chi connectivity index (χ3v) is 4.73. The normalized spacial score (nSPS) is 16.7. The van der Waals surface area contributed by atoms with Crippen molar-refractivity contribution in [1.82, 2.24) is 5.32 Å². The number of carbonyl (C=O) groups excluding carboxylic acids is 2. The van der Waals surface area contributed by atoms with Crippen molar-refractivity contribution in [3.05, 3.63) is 58.6 Å². The van der Waals surface area contributed by atoms with E-state index in [0.717, 1.165) is 11.3 Å². The van der Waals surface area contributed by atoms with E-state index in [1.807, 2.05) is 32.0 Å². The third kappa shape index (κ3) is 4.35. The number of hydrogen-bond acceptors (Lipinski definition) is 3. The van der Waals surface area contributed by atoms with Crippen LogP contribution in [0.5, 0.6) is 5.75 Å². The fourth-order valence-corrected chi connectivity index (χ4v) is 3.02. The lowest BCUT2D eigenvalue weighted by Gasteiger charge is -2.18. The van der Waals surface area contributed by atoms with E-state index in [1.54, 1.807) is 29.2 Å². The first-order valence-electron chi connectivity index (χ1n) is 8.48. The van der Waals surface area contributed by atoms with E-state index in [2.05, 4.69) is 5.32 Å². The van der Waals surface area contributed by atoms with Crippen molar-refractivity contribution in [3.63, 3.8) is 0 Å². The molecular weight excluding hydrogens is 352 g/mol. The lowest BCUT2D eigenvalue weighted by Crippen LogP contribution is -2.39. The number of nitrogens with one attached hydrogen (secondary N) is 1. The van der Waals surface area contributed by atoms with Crippen molar-refractivity contribution >= 4 is 29.1 Å². The fourth-order valence-electron chi connectivity index (χ4n) is 2.90. The third-order valence-electron chi connectivity index (χ3n) is 4.48. The summed E-state index contributed by atoms with van der Waals surface area (Å²) in [5.41, 5.74) is 3.19. The summed E-state index contributed by atoms with van der Waals surface area (Å²) < 4.78 is 5.43. The Kier molecular flexibility index (Phi) is 5.47. The van der Waals surface area contributed by atoms with Crippen LogP contribution in [0.1, 0.15) is 17.5 Å². The highest BCUT2D eigenvalue weighted by atomic mass is 35.5. The number of halogens is 1. The molecule has 1 aliphatic rings. The Hall–Kier alpha value is -2.53. The predicted molar refractivity (Wildman–Crippen MR) is 102 cm³/mol. The van der Waals surface area contributed by atoms with Gasteiger partial charge in [-0.2, -0.15) is 0 Å². The number of aryl methyl sites for hydroxylation is 2. The quantitative estimate of drug-likeness (QED) is 0.876. The zero-order valence-corrected chi connectivity index (χ0v) is 15.5. The lowest BCUT2D eigenvalue weighted by atomic mass is 10.1. The number of benzene rings is 2. The number of rotatable bonds is 5. The van der Waals surface area contributed by atoms with Crippen LogP contribution in [-0.4, -0.2) is 31.0 Å². The minimum Gasteiger partial charge on any atom is -0.484 e. The van der Waals surface area contributed by atoms with Gasteiger partial charge < -0.3 is 15.0 Å². The van der Waals surface area contributed by atoms with Crippen molar-refractivity contribution in [2.75, 3.05) is 18.1 Å². The van der Waals surface area contributed by atoms with E-state index >= 15 is 0 Å². The highest BCUT2D eigenvalue weighted by Gasteiger charge is 2.31. The molecule has 1 aliphatic heterocycles. The van der Waals surface area contributed by atoms with Gasteiger partial charge in [0.05, 0.1) is 6.04 Å². The van der Waals surface area contributed by atoms with Gasteiger partial charge in [-0.3, -0.25) is 9.59 Å². The van der Waals surface area contributed by atoms with Crippen LogP contribution < -0.4 is 15.0 Å². The molecule has 136 valence electrons. The highest BCUT2D eigenvalue weighted by Crippen LogP contribution is 2.24. The van der Waals surface area contributed by atoms with Crippen molar-refractivity contribution in [2.45, 2.75) is 26.3 Å². The standard InChI is InChI=1S/C20H21ClN2O3/c1-13-3-6-17(9-14(13)2)23-11-16(10-20(23)25)22-19(24)12-26-18-7-4-15(21)5-8-18/h3-9,16H,10-12H2,1-2H3,(H,22,24). The first-order chi connectivity index (χ1) is 12.4. The molecule has 1 heterocycles. The number of hydrogen-bond donors (Lipinski definition) is 1. The second-order valence-electron chi connectivity index (χ2n) is 6.48. The summed E-state index contributed by atoms with van der Waals surface area (Å²) in [6, 6.07) is 12.5. The molecule has 6 heteroatoms. The molecule has 0 saturated carbocycles. The van der Waals surface area contributed by atoms with Crippen LogP contribution in [0.15, 0.2) is 42.5 Å². The minimum absolute atomic E-state index is 0.0113. The lowest BCUT2D eigenvalue weighted by molar-refractivity contribution is -0.123. The second-order valence-corrected chi connectivity index (χ2v) is 6.92. The largest absolute Gasteiger partial charge is 0.484 e. The van der Waals surface area contributed by atoms with Gasteiger partial charge in [0.25, 0.3) is 5.91 Å². The molecule has 26 heavy (non-hydrogen) atoms. The van der Waals surface area contributed by atoms with Gasteiger partial charge in [-0.25, -0.2) is 0 Å². The summed E-state index contributed by atoms with van der Waals surface area (Å²) in [5.74, 6) is 0.334. The van der Waals surface area contributed by atoms with E-state index in [-0.39, 0.29) is 24.5 Å². The van der Waals surface area contributed by atoms with Gasteiger partial charge in [-0.05, 0) is 61.4 Å². The molecule has 1 unspecified atom stereocenters.